The van der Waals surface area contributed by atoms with Crippen LogP contribution in [-0.2, 0) is 0 Å². The van der Waals surface area contributed by atoms with Crippen LogP contribution < -0.4 is 4.74 Å². The summed E-state index contributed by atoms with van der Waals surface area (Å²) in [5, 5.41) is 0. The first kappa shape index (κ1) is 21.6. The summed E-state index contributed by atoms with van der Waals surface area (Å²) >= 11 is 0. The molecule has 3 heteroatoms. The number of benzene rings is 1. The Morgan fingerprint density at radius 3 is 2.07 bits per heavy atom. The van der Waals surface area contributed by atoms with Gasteiger partial charge in [0.15, 0.2) is 11.6 Å². The molecule has 28 heavy (non-hydrogen) atoms. The predicted molar refractivity (Wildman–Crippen MR) is 112 cm³/mol. The maximum absolute atomic E-state index is 14.5. The quantitative estimate of drug-likeness (QED) is 0.407. The molecule has 0 heterocycles. The first-order valence-corrected chi connectivity index (χ1v) is 11.7. The fraction of sp³-hybridized carbons (Fsp3) is 0.760. The fourth-order valence-corrected chi connectivity index (χ4v) is 5.66. The lowest BCUT2D eigenvalue weighted by atomic mass is 9.68. The van der Waals surface area contributed by atoms with E-state index < -0.39 is 11.6 Å². The second kappa shape index (κ2) is 10.6. The molecule has 158 valence electrons. The number of halogens is 2. The number of hydrogen-bond acceptors (Lipinski definition) is 1. The van der Waals surface area contributed by atoms with Crippen molar-refractivity contribution in [2.45, 2.75) is 96.8 Å². The maximum atomic E-state index is 14.5. The number of ether oxygens (including phenoxy) is 1. The van der Waals surface area contributed by atoms with Crippen LogP contribution in [0.5, 0.6) is 5.75 Å². The Hall–Kier alpha value is -1.12. The van der Waals surface area contributed by atoms with Gasteiger partial charge in [-0.3, -0.25) is 0 Å². The van der Waals surface area contributed by atoms with E-state index in [-0.39, 0.29) is 11.7 Å². The van der Waals surface area contributed by atoms with Gasteiger partial charge in [-0.1, -0.05) is 51.5 Å². The molecule has 0 radical (unpaired) electrons. The van der Waals surface area contributed by atoms with E-state index in [0.717, 1.165) is 30.6 Å². The van der Waals surface area contributed by atoms with Gasteiger partial charge in [0.25, 0.3) is 0 Å². The van der Waals surface area contributed by atoms with Gasteiger partial charge in [-0.15, -0.1) is 0 Å². The lowest BCUT2D eigenvalue weighted by molar-refractivity contribution is 0.155. The van der Waals surface area contributed by atoms with Crippen molar-refractivity contribution in [1.82, 2.24) is 0 Å². The van der Waals surface area contributed by atoms with Crippen molar-refractivity contribution < 1.29 is 13.5 Å². The third-order valence-corrected chi connectivity index (χ3v) is 7.36. The standard InChI is InChI=1S/C25H38F2O/c1-3-5-6-7-18-8-10-19(11-9-18)20-12-14-21(15-13-20)22-16-17-23(28-4-2)25(27)24(22)26/h16-21H,3-15H2,1-2H3/t18-,19-,20-,21-. The molecule has 0 spiro atoms. The Labute approximate surface area is 170 Å². The molecular formula is C25H38F2O. The smallest absolute Gasteiger partial charge is 0.200 e. The van der Waals surface area contributed by atoms with Crippen LogP contribution in [-0.4, -0.2) is 6.61 Å². The summed E-state index contributed by atoms with van der Waals surface area (Å²) < 4.78 is 33.9. The summed E-state index contributed by atoms with van der Waals surface area (Å²) in [4.78, 5) is 0. The highest BCUT2D eigenvalue weighted by Gasteiger charge is 2.32. The highest BCUT2D eigenvalue weighted by Crippen LogP contribution is 2.45. The first-order valence-electron chi connectivity index (χ1n) is 11.7. The first-order chi connectivity index (χ1) is 13.6. The summed E-state index contributed by atoms with van der Waals surface area (Å²) in [6, 6.07) is 3.35. The van der Waals surface area contributed by atoms with Gasteiger partial charge in [-0.2, -0.15) is 4.39 Å². The van der Waals surface area contributed by atoms with Crippen LogP contribution in [0.2, 0.25) is 0 Å². The molecule has 0 aliphatic heterocycles. The Bertz CT molecular complexity index is 599. The zero-order valence-electron chi connectivity index (χ0n) is 17.8. The summed E-state index contributed by atoms with van der Waals surface area (Å²) in [6.07, 6.45) is 15.4. The summed E-state index contributed by atoms with van der Waals surface area (Å²) in [5.41, 5.74) is 0.555. The minimum Gasteiger partial charge on any atom is -0.491 e. The molecule has 2 aliphatic carbocycles. The lowest BCUT2D eigenvalue weighted by Gasteiger charge is -2.38. The molecule has 1 nitrogen and oxygen atoms in total. The molecule has 2 aliphatic rings. The van der Waals surface area contributed by atoms with Crippen LogP contribution in [0, 0.1) is 29.4 Å². The Kier molecular flexibility index (Phi) is 8.17. The molecular weight excluding hydrogens is 354 g/mol. The van der Waals surface area contributed by atoms with Gasteiger partial charge in [-0.05, 0) is 80.8 Å². The van der Waals surface area contributed by atoms with Gasteiger partial charge >= 0.3 is 0 Å². The van der Waals surface area contributed by atoms with Crippen molar-refractivity contribution in [3.8, 4) is 5.75 Å². The number of hydrogen-bond donors (Lipinski definition) is 0. The van der Waals surface area contributed by atoms with Crippen molar-refractivity contribution in [2.24, 2.45) is 17.8 Å². The molecule has 1 aromatic carbocycles. The van der Waals surface area contributed by atoms with E-state index in [2.05, 4.69) is 6.92 Å². The molecule has 0 N–H and O–H groups in total. The molecule has 1 aromatic rings. The highest BCUT2D eigenvalue weighted by molar-refractivity contribution is 5.33. The second-order valence-corrected chi connectivity index (χ2v) is 9.10. The van der Waals surface area contributed by atoms with Crippen molar-refractivity contribution in [3.63, 3.8) is 0 Å². The van der Waals surface area contributed by atoms with E-state index in [0.29, 0.717) is 12.2 Å². The molecule has 0 bridgehead atoms. The third-order valence-electron chi connectivity index (χ3n) is 7.36. The monoisotopic (exact) mass is 392 g/mol. The maximum Gasteiger partial charge on any atom is 0.200 e. The predicted octanol–water partition coefficient (Wildman–Crippen LogP) is 8.02. The molecule has 0 aromatic heterocycles. The molecule has 3 rings (SSSR count). The van der Waals surface area contributed by atoms with Crippen molar-refractivity contribution >= 4 is 0 Å². The molecule has 0 saturated heterocycles. The molecule has 0 atom stereocenters. The zero-order chi connectivity index (χ0) is 19.9. The summed E-state index contributed by atoms with van der Waals surface area (Å²) in [7, 11) is 0. The molecule has 0 unspecified atom stereocenters. The molecule has 2 saturated carbocycles. The highest BCUT2D eigenvalue weighted by atomic mass is 19.2. The van der Waals surface area contributed by atoms with Crippen LogP contribution in [0.4, 0.5) is 8.78 Å². The third kappa shape index (κ3) is 5.27. The summed E-state index contributed by atoms with van der Waals surface area (Å²) in [5.74, 6) is 1.30. The van der Waals surface area contributed by atoms with Crippen LogP contribution >= 0.6 is 0 Å². The van der Waals surface area contributed by atoms with Gasteiger partial charge in [0.2, 0.25) is 5.82 Å². The zero-order valence-corrected chi connectivity index (χ0v) is 17.8. The fourth-order valence-electron chi connectivity index (χ4n) is 5.66. The van der Waals surface area contributed by atoms with Gasteiger partial charge < -0.3 is 4.74 Å². The minimum atomic E-state index is -0.817. The van der Waals surface area contributed by atoms with Crippen molar-refractivity contribution in [2.75, 3.05) is 6.61 Å². The lowest BCUT2D eigenvalue weighted by Crippen LogP contribution is -2.25. The van der Waals surface area contributed by atoms with Crippen LogP contribution in [0.25, 0.3) is 0 Å². The Morgan fingerprint density at radius 1 is 0.821 bits per heavy atom. The van der Waals surface area contributed by atoms with Crippen LogP contribution in [0.3, 0.4) is 0 Å². The van der Waals surface area contributed by atoms with Crippen LogP contribution in [0.1, 0.15) is 102 Å². The topological polar surface area (TPSA) is 9.23 Å². The Balaban J connectivity index is 1.48. The van der Waals surface area contributed by atoms with E-state index in [1.807, 2.05) is 0 Å². The van der Waals surface area contributed by atoms with Gasteiger partial charge in [0, 0.05) is 0 Å². The number of unbranched alkanes of at least 4 members (excludes halogenated alkanes) is 2. The van der Waals surface area contributed by atoms with E-state index in [1.165, 1.54) is 64.2 Å². The normalized spacial score (nSPS) is 28.3. The average molecular weight is 393 g/mol. The van der Waals surface area contributed by atoms with E-state index in [1.54, 1.807) is 19.1 Å². The second-order valence-electron chi connectivity index (χ2n) is 9.10. The van der Waals surface area contributed by atoms with Crippen LogP contribution in [0.15, 0.2) is 12.1 Å². The van der Waals surface area contributed by atoms with E-state index in [9.17, 15) is 8.78 Å². The van der Waals surface area contributed by atoms with Crippen molar-refractivity contribution in [1.29, 1.82) is 0 Å². The van der Waals surface area contributed by atoms with Gasteiger partial charge in [0.05, 0.1) is 6.61 Å². The van der Waals surface area contributed by atoms with E-state index in [4.69, 9.17) is 4.74 Å². The average Bonchev–Trinajstić information content (AvgIpc) is 2.73. The molecule has 2 fully saturated rings. The van der Waals surface area contributed by atoms with E-state index >= 15 is 0 Å². The largest absolute Gasteiger partial charge is 0.491 e. The number of rotatable bonds is 8. The van der Waals surface area contributed by atoms with Gasteiger partial charge in [0.1, 0.15) is 0 Å². The van der Waals surface area contributed by atoms with Gasteiger partial charge in [-0.25, -0.2) is 4.39 Å². The molecule has 0 amide bonds. The van der Waals surface area contributed by atoms with Crippen molar-refractivity contribution in [3.05, 3.63) is 29.3 Å². The summed E-state index contributed by atoms with van der Waals surface area (Å²) in [6.45, 7) is 4.41. The SMILES string of the molecule is CCCCC[C@H]1CC[C@H]([C@H]2CC[C@H](c3ccc(OCC)c(F)c3F)CC2)CC1. The Morgan fingerprint density at radius 2 is 1.46 bits per heavy atom. The minimum absolute atomic E-state index is 0.0353.